The second-order valence-electron chi connectivity index (χ2n) is 2.83. The van der Waals surface area contributed by atoms with Crippen LogP contribution in [-0.4, -0.2) is 6.61 Å². The molecule has 1 rings (SSSR count). The first-order valence-electron chi connectivity index (χ1n) is 3.92. The van der Waals surface area contributed by atoms with Crippen LogP contribution in [0.1, 0.15) is 5.56 Å². The van der Waals surface area contributed by atoms with Gasteiger partial charge in [0.25, 0.3) is 0 Å². The van der Waals surface area contributed by atoms with E-state index in [-0.39, 0.29) is 0 Å². The number of rotatable bonds is 3. The summed E-state index contributed by atoms with van der Waals surface area (Å²) in [7, 11) is 0. The molecule has 0 radical (unpaired) electrons. The van der Waals surface area contributed by atoms with Gasteiger partial charge in [0.15, 0.2) is 0 Å². The number of benzene rings is 1. The Bertz CT molecular complexity index is 323. The van der Waals surface area contributed by atoms with E-state index in [1.807, 2.05) is 25.1 Å². The van der Waals surface area contributed by atoms with Crippen LogP contribution in [0.3, 0.4) is 0 Å². The first-order chi connectivity index (χ1) is 6.09. The van der Waals surface area contributed by atoms with Gasteiger partial charge in [0.05, 0.1) is 0 Å². The predicted molar refractivity (Wildman–Crippen MR) is 59.2 cm³/mol. The summed E-state index contributed by atoms with van der Waals surface area (Å²) in [6.45, 7) is 6.12. The Balaban J connectivity index is 2.72. The molecule has 0 spiro atoms. The molecule has 0 aliphatic heterocycles. The molecule has 1 aromatic rings. The summed E-state index contributed by atoms with van der Waals surface area (Å²) in [5.74, 6) is 0.842. The monoisotopic (exact) mass is 241 g/mol. The fourth-order valence-electron chi connectivity index (χ4n) is 0.991. The minimum absolute atomic E-state index is 0.477. The number of ether oxygens (including phenoxy) is 1. The second-order valence-corrected chi connectivity index (χ2v) is 3.95. The molecule has 0 amide bonds. The van der Waals surface area contributed by atoms with Gasteiger partial charge in [-0.15, -0.1) is 0 Å². The third-order valence-electron chi connectivity index (χ3n) is 1.58. The van der Waals surface area contributed by atoms with Crippen molar-refractivity contribution in [2.24, 2.45) is 0 Å². The Hall–Kier alpha value is -0.960. The Morgan fingerprint density at radius 2 is 2.31 bits per heavy atom. The zero-order valence-electron chi connectivity index (χ0n) is 7.51. The normalized spacial score (nSPS) is 9.69. The quantitative estimate of drug-likeness (QED) is 0.827. The Morgan fingerprint density at radius 3 is 2.85 bits per heavy atom. The zero-order valence-corrected chi connectivity index (χ0v) is 9.10. The molecule has 2 nitrogen and oxygen atoms in total. The van der Waals surface area contributed by atoms with Crippen LogP contribution in [0.2, 0.25) is 0 Å². The standard InChI is InChI=1S/C10H12BrNO/c1-7-5-9(12)3-4-10(7)13-6-8(2)11/h3-5H,2,6,12H2,1H3. The average Bonchev–Trinajstić information content (AvgIpc) is 2.02. The maximum absolute atomic E-state index is 5.60. The van der Waals surface area contributed by atoms with Crippen molar-refractivity contribution in [3.8, 4) is 5.75 Å². The van der Waals surface area contributed by atoms with E-state index in [1.165, 1.54) is 0 Å². The minimum atomic E-state index is 0.477. The van der Waals surface area contributed by atoms with Crippen LogP contribution in [0.25, 0.3) is 0 Å². The van der Waals surface area contributed by atoms with Gasteiger partial charge in [-0.25, -0.2) is 0 Å². The zero-order chi connectivity index (χ0) is 9.84. The fraction of sp³-hybridized carbons (Fsp3) is 0.200. The first-order valence-corrected chi connectivity index (χ1v) is 4.71. The van der Waals surface area contributed by atoms with E-state index in [0.717, 1.165) is 21.5 Å². The minimum Gasteiger partial charge on any atom is -0.488 e. The van der Waals surface area contributed by atoms with Crippen molar-refractivity contribution in [3.63, 3.8) is 0 Å². The highest BCUT2D eigenvalue weighted by atomic mass is 79.9. The molecule has 2 N–H and O–H groups in total. The molecular formula is C10H12BrNO. The van der Waals surface area contributed by atoms with E-state index in [4.69, 9.17) is 10.5 Å². The van der Waals surface area contributed by atoms with Gasteiger partial charge in [0, 0.05) is 10.2 Å². The van der Waals surface area contributed by atoms with Gasteiger partial charge in [-0.1, -0.05) is 22.5 Å². The fourth-order valence-corrected chi connectivity index (χ4v) is 1.11. The molecule has 3 heteroatoms. The molecule has 13 heavy (non-hydrogen) atoms. The maximum Gasteiger partial charge on any atom is 0.122 e. The summed E-state index contributed by atoms with van der Waals surface area (Å²) in [5, 5.41) is 0. The third-order valence-corrected chi connectivity index (χ3v) is 1.81. The Kier molecular flexibility index (Phi) is 3.37. The molecule has 0 fully saturated rings. The van der Waals surface area contributed by atoms with Crippen LogP contribution in [0.5, 0.6) is 5.75 Å². The van der Waals surface area contributed by atoms with Crippen molar-refractivity contribution >= 4 is 21.6 Å². The molecular weight excluding hydrogens is 230 g/mol. The van der Waals surface area contributed by atoms with Crippen molar-refractivity contribution in [3.05, 3.63) is 34.8 Å². The largest absolute Gasteiger partial charge is 0.488 e. The van der Waals surface area contributed by atoms with Crippen molar-refractivity contribution < 1.29 is 4.74 Å². The lowest BCUT2D eigenvalue weighted by Crippen LogP contribution is -1.98. The van der Waals surface area contributed by atoms with Crippen LogP contribution in [0.4, 0.5) is 5.69 Å². The van der Waals surface area contributed by atoms with Crippen molar-refractivity contribution in [1.29, 1.82) is 0 Å². The summed E-state index contributed by atoms with van der Waals surface area (Å²) >= 11 is 3.23. The predicted octanol–water partition coefficient (Wildman–Crippen LogP) is 2.86. The lowest BCUT2D eigenvalue weighted by molar-refractivity contribution is 0.358. The van der Waals surface area contributed by atoms with Gasteiger partial charge in [0.1, 0.15) is 12.4 Å². The van der Waals surface area contributed by atoms with Crippen LogP contribution in [0, 0.1) is 6.92 Å². The number of nitrogen functional groups attached to an aromatic ring is 1. The smallest absolute Gasteiger partial charge is 0.122 e. The molecule has 0 saturated heterocycles. The topological polar surface area (TPSA) is 35.2 Å². The van der Waals surface area contributed by atoms with E-state index in [9.17, 15) is 0 Å². The van der Waals surface area contributed by atoms with E-state index in [2.05, 4.69) is 22.5 Å². The average molecular weight is 242 g/mol. The van der Waals surface area contributed by atoms with Crippen molar-refractivity contribution in [1.82, 2.24) is 0 Å². The Labute approximate surface area is 86.5 Å². The van der Waals surface area contributed by atoms with Crippen LogP contribution < -0.4 is 10.5 Å². The summed E-state index contributed by atoms with van der Waals surface area (Å²) in [4.78, 5) is 0. The highest BCUT2D eigenvalue weighted by molar-refractivity contribution is 9.11. The van der Waals surface area contributed by atoms with E-state index in [0.29, 0.717) is 6.61 Å². The Morgan fingerprint density at radius 1 is 1.62 bits per heavy atom. The van der Waals surface area contributed by atoms with E-state index >= 15 is 0 Å². The van der Waals surface area contributed by atoms with Crippen LogP contribution in [-0.2, 0) is 0 Å². The van der Waals surface area contributed by atoms with Gasteiger partial charge in [-0.3, -0.25) is 0 Å². The molecule has 0 bridgehead atoms. The number of nitrogens with two attached hydrogens (primary N) is 1. The van der Waals surface area contributed by atoms with E-state index < -0.39 is 0 Å². The summed E-state index contributed by atoms with van der Waals surface area (Å²) in [6.07, 6.45) is 0. The molecule has 70 valence electrons. The molecule has 0 aliphatic rings. The number of anilines is 1. The van der Waals surface area contributed by atoms with Crippen LogP contribution >= 0.6 is 15.9 Å². The molecule has 1 aromatic carbocycles. The number of hydrogen-bond acceptors (Lipinski definition) is 2. The summed E-state index contributed by atoms with van der Waals surface area (Å²) in [6, 6.07) is 5.56. The van der Waals surface area contributed by atoms with Gasteiger partial charge >= 0.3 is 0 Å². The van der Waals surface area contributed by atoms with Gasteiger partial charge in [-0.2, -0.15) is 0 Å². The molecule has 0 atom stereocenters. The maximum atomic E-state index is 5.60. The third kappa shape index (κ3) is 3.11. The molecule has 0 aliphatic carbocycles. The first kappa shape index (κ1) is 10.1. The number of halogens is 1. The molecule has 0 aromatic heterocycles. The summed E-state index contributed by atoms with van der Waals surface area (Å²) < 4.78 is 6.27. The molecule has 0 unspecified atom stereocenters. The van der Waals surface area contributed by atoms with E-state index in [1.54, 1.807) is 0 Å². The van der Waals surface area contributed by atoms with Crippen LogP contribution in [0.15, 0.2) is 29.3 Å². The number of aryl methyl sites for hydroxylation is 1. The van der Waals surface area contributed by atoms with Gasteiger partial charge in [0.2, 0.25) is 0 Å². The lowest BCUT2D eigenvalue weighted by atomic mass is 10.2. The highest BCUT2D eigenvalue weighted by Gasteiger charge is 1.99. The van der Waals surface area contributed by atoms with Crippen molar-refractivity contribution in [2.45, 2.75) is 6.92 Å². The lowest BCUT2D eigenvalue weighted by Gasteiger charge is -2.08. The number of hydrogen-bond donors (Lipinski definition) is 1. The van der Waals surface area contributed by atoms with Gasteiger partial charge in [-0.05, 0) is 30.7 Å². The van der Waals surface area contributed by atoms with Crippen molar-refractivity contribution in [2.75, 3.05) is 12.3 Å². The highest BCUT2D eigenvalue weighted by Crippen LogP contribution is 2.20. The van der Waals surface area contributed by atoms with Gasteiger partial charge < -0.3 is 10.5 Å². The molecule has 0 saturated carbocycles. The second kappa shape index (κ2) is 4.33. The molecule has 0 heterocycles. The summed E-state index contributed by atoms with van der Waals surface area (Å²) in [5.41, 5.74) is 7.39. The SMILES string of the molecule is C=C(Br)COc1ccc(N)cc1C.